The third-order valence-corrected chi connectivity index (χ3v) is 6.68. The first-order chi connectivity index (χ1) is 14.1. The van der Waals surface area contributed by atoms with Crippen molar-refractivity contribution in [3.63, 3.8) is 0 Å². The Balaban J connectivity index is 1.60. The second kappa shape index (κ2) is 5.83. The smallest absolute Gasteiger partial charge is 0.237 e. The van der Waals surface area contributed by atoms with Crippen LogP contribution in [0.5, 0.6) is 0 Å². The molecule has 2 aromatic heterocycles. The lowest BCUT2D eigenvalue weighted by molar-refractivity contribution is -0.137. The van der Waals surface area contributed by atoms with Crippen molar-refractivity contribution in [2.24, 2.45) is 0 Å². The molecule has 144 valence electrons. The zero-order valence-corrected chi connectivity index (χ0v) is 16.2. The van der Waals surface area contributed by atoms with Crippen molar-refractivity contribution in [1.82, 2.24) is 14.5 Å². The number of para-hydroxylation sites is 2. The maximum atomic E-state index is 13.3. The minimum absolute atomic E-state index is 0.117. The van der Waals surface area contributed by atoms with E-state index in [9.17, 15) is 9.59 Å². The standard InChI is InChI=1S/C24H21N3O2/c1-26-23(28)20(17-12-25-19-10-3-2-8-15(17)19)21(24(26)29)18-13-27-11-5-7-14-6-4-9-16(18)22(14)27/h2-4,6,8-10,12-13,20-21,25H,5,7,11H2,1H3/t20-,21-/m1/s1. The van der Waals surface area contributed by atoms with Crippen LogP contribution in [0.4, 0.5) is 0 Å². The SMILES string of the molecule is CN1C(=O)[C@H](c2c[nH]c3ccccc23)[C@@H](c2cn3c4c(cccc24)CCC3)C1=O. The second-order valence-corrected chi connectivity index (χ2v) is 8.18. The molecule has 0 unspecified atom stereocenters. The predicted octanol–water partition coefficient (Wildman–Crippen LogP) is 3.93. The van der Waals surface area contributed by atoms with E-state index in [4.69, 9.17) is 0 Å². The van der Waals surface area contributed by atoms with Gasteiger partial charge in [-0.3, -0.25) is 14.5 Å². The van der Waals surface area contributed by atoms with Gasteiger partial charge >= 0.3 is 0 Å². The van der Waals surface area contributed by atoms with Crippen LogP contribution in [-0.2, 0) is 22.6 Å². The molecule has 29 heavy (non-hydrogen) atoms. The lowest BCUT2D eigenvalue weighted by atomic mass is 9.83. The summed E-state index contributed by atoms with van der Waals surface area (Å²) in [5.41, 5.74) is 5.41. The average Bonchev–Trinajstić information content (AvgIpc) is 3.39. The molecule has 2 aliphatic rings. The number of amides is 2. The summed E-state index contributed by atoms with van der Waals surface area (Å²) in [6.07, 6.45) is 6.17. The largest absolute Gasteiger partial charge is 0.361 e. The van der Waals surface area contributed by atoms with Gasteiger partial charge in [-0.1, -0.05) is 36.4 Å². The molecule has 0 spiro atoms. The highest BCUT2D eigenvalue weighted by molar-refractivity contribution is 6.13. The minimum Gasteiger partial charge on any atom is -0.361 e. The van der Waals surface area contributed by atoms with Gasteiger partial charge in [0.05, 0.1) is 17.4 Å². The Morgan fingerprint density at radius 1 is 0.931 bits per heavy atom. The minimum atomic E-state index is -0.507. The number of carbonyl (C=O) groups is 2. The van der Waals surface area contributed by atoms with Crippen LogP contribution in [0.1, 0.15) is 34.9 Å². The maximum Gasteiger partial charge on any atom is 0.237 e. The number of aryl methyl sites for hydroxylation is 2. The Morgan fingerprint density at radius 3 is 2.55 bits per heavy atom. The van der Waals surface area contributed by atoms with Crippen molar-refractivity contribution >= 4 is 33.6 Å². The third kappa shape index (κ3) is 2.15. The molecule has 1 fully saturated rings. The fourth-order valence-electron chi connectivity index (χ4n) is 5.32. The lowest BCUT2D eigenvalue weighted by Crippen LogP contribution is -2.25. The van der Waals surface area contributed by atoms with Crippen LogP contribution in [0.3, 0.4) is 0 Å². The van der Waals surface area contributed by atoms with Crippen LogP contribution in [0.25, 0.3) is 21.8 Å². The van der Waals surface area contributed by atoms with Gasteiger partial charge in [0, 0.05) is 42.3 Å². The number of fused-ring (bicyclic) bond motifs is 1. The van der Waals surface area contributed by atoms with E-state index in [1.54, 1.807) is 7.05 Å². The zero-order chi connectivity index (χ0) is 19.7. The first-order valence-corrected chi connectivity index (χ1v) is 10.1. The van der Waals surface area contributed by atoms with Gasteiger partial charge in [0.15, 0.2) is 0 Å². The van der Waals surface area contributed by atoms with Gasteiger partial charge in [0.2, 0.25) is 11.8 Å². The monoisotopic (exact) mass is 383 g/mol. The number of aromatic nitrogens is 2. The molecule has 0 saturated carbocycles. The van der Waals surface area contributed by atoms with Gasteiger partial charge in [0.1, 0.15) is 0 Å². The average molecular weight is 383 g/mol. The highest BCUT2D eigenvalue weighted by Crippen LogP contribution is 2.46. The van der Waals surface area contributed by atoms with Crippen molar-refractivity contribution in [2.45, 2.75) is 31.2 Å². The number of likely N-dealkylation sites (tertiary alicyclic amines) is 1. The zero-order valence-electron chi connectivity index (χ0n) is 16.2. The number of nitrogens with one attached hydrogen (secondary N) is 1. The molecule has 6 rings (SSSR count). The molecule has 0 aliphatic carbocycles. The van der Waals surface area contributed by atoms with Gasteiger partial charge in [-0.15, -0.1) is 0 Å². The van der Waals surface area contributed by atoms with E-state index < -0.39 is 11.8 Å². The van der Waals surface area contributed by atoms with Crippen molar-refractivity contribution in [3.05, 3.63) is 71.5 Å². The van der Waals surface area contributed by atoms with Crippen molar-refractivity contribution in [2.75, 3.05) is 7.05 Å². The van der Waals surface area contributed by atoms with E-state index in [0.717, 1.165) is 46.8 Å². The van der Waals surface area contributed by atoms with E-state index in [2.05, 4.69) is 33.9 Å². The quantitative estimate of drug-likeness (QED) is 0.533. The van der Waals surface area contributed by atoms with Gasteiger partial charge in [0.25, 0.3) is 0 Å². The number of aromatic amines is 1. The molecule has 5 nitrogen and oxygen atoms in total. The van der Waals surface area contributed by atoms with Crippen molar-refractivity contribution in [3.8, 4) is 0 Å². The summed E-state index contributed by atoms with van der Waals surface area (Å²) in [6.45, 7) is 0.954. The predicted molar refractivity (Wildman–Crippen MR) is 112 cm³/mol. The van der Waals surface area contributed by atoms with E-state index in [-0.39, 0.29) is 11.8 Å². The van der Waals surface area contributed by atoms with Crippen LogP contribution in [0.2, 0.25) is 0 Å². The first kappa shape index (κ1) is 16.6. The number of likely N-dealkylation sites (N-methyl/N-ethyl adjacent to an activating group) is 1. The van der Waals surface area contributed by atoms with Crippen LogP contribution >= 0.6 is 0 Å². The summed E-state index contributed by atoms with van der Waals surface area (Å²) in [5.74, 6) is -1.25. The summed E-state index contributed by atoms with van der Waals surface area (Å²) < 4.78 is 2.27. The lowest BCUT2D eigenvalue weighted by Gasteiger charge is -2.15. The molecule has 1 saturated heterocycles. The van der Waals surface area contributed by atoms with E-state index in [1.165, 1.54) is 16.0 Å². The molecular formula is C24H21N3O2. The third-order valence-electron chi connectivity index (χ3n) is 6.68. The molecule has 2 aliphatic heterocycles. The van der Waals surface area contributed by atoms with Gasteiger partial charge in [-0.2, -0.15) is 0 Å². The number of carbonyl (C=O) groups excluding carboxylic acids is 2. The molecule has 4 aromatic rings. The molecule has 2 atom stereocenters. The number of rotatable bonds is 2. The van der Waals surface area contributed by atoms with E-state index >= 15 is 0 Å². The summed E-state index contributed by atoms with van der Waals surface area (Å²) in [6, 6.07) is 14.3. The molecule has 0 radical (unpaired) electrons. The van der Waals surface area contributed by atoms with Crippen molar-refractivity contribution in [1.29, 1.82) is 0 Å². The number of hydrogen-bond acceptors (Lipinski definition) is 2. The fourth-order valence-corrected chi connectivity index (χ4v) is 5.32. The first-order valence-electron chi connectivity index (χ1n) is 10.1. The summed E-state index contributed by atoms with van der Waals surface area (Å²) in [5, 5.41) is 2.11. The molecule has 2 amide bonds. The Labute approximate surface area is 167 Å². The van der Waals surface area contributed by atoms with E-state index in [0.29, 0.717) is 0 Å². The van der Waals surface area contributed by atoms with Crippen molar-refractivity contribution < 1.29 is 9.59 Å². The summed E-state index contributed by atoms with van der Waals surface area (Å²) >= 11 is 0. The Kier molecular flexibility index (Phi) is 3.34. The van der Waals surface area contributed by atoms with Crippen LogP contribution in [0.15, 0.2) is 54.9 Å². The number of H-pyrrole nitrogens is 1. The maximum absolute atomic E-state index is 13.3. The Morgan fingerprint density at radius 2 is 1.69 bits per heavy atom. The molecule has 5 heteroatoms. The topological polar surface area (TPSA) is 58.1 Å². The van der Waals surface area contributed by atoms with Gasteiger partial charge in [-0.25, -0.2) is 0 Å². The van der Waals surface area contributed by atoms with Crippen LogP contribution < -0.4 is 0 Å². The van der Waals surface area contributed by atoms with Gasteiger partial charge < -0.3 is 9.55 Å². The molecule has 1 N–H and O–H groups in total. The number of benzene rings is 2. The van der Waals surface area contributed by atoms with Crippen LogP contribution in [0, 0.1) is 0 Å². The van der Waals surface area contributed by atoms with Gasteiger partial charge in [-0.05, 0) is 35.6 Å². The number of imide groups is 1. The highest BCUT2D eigenvalue weighted by Gasteiger charge is 2.49. The Hall–Kier alpha value is -3.34. The molecule has 0 bridgehead atoms. The molecule has 4 heterocycles. The molecular weight excluding hydrogens is 362 g/mol. The fraction of sp³-hybridized carbons (Fsp3) is 0.250. The number of hydrogen-bond donors (Lipinski definition) is 1. The summed E-state index contributed by atoms with van der Waals surface area (Å²) in [4.78, 5) is 31.1. The number of nitrogens with zero attached hydrogens (tertiary/aromatic N) is 2. The highest BCUT2D eigenvalue weighted by atomic mass is 16.2. The van der Waals surface area contributed by atoms with E-state index in [1.807, 2.05) is 30.5 Å². The second-order valence-electron chi connectivity index (χ2n) is 8.18. The normalized spacial score (nSPS) is 21.6. The Bertz CT molecular complexity index is 1310. The summed E-state index contributed by atoms with van der Waals surface area (Å²) in [7, 11) is 1.61. The van der Waals surface area contributed by atoms with Crippen LogP contribution in [-0.4, -0.2) is 33.3 Å². The molecule has 2 aromatic carbocycles.